The maximum Gasteiger partial charge on any atom is 0.137 e. The fourth-order valence-corrected chi connectivity index (χ4v) is 3.70. The fourth-order valence-electron chi connectivity index (χ4n) is 1.39. The standard InChI is InChI=1S/C10H14N2S2/c1-6(2)7-5-14-8-3-4-13-9(8)10(11)12-7/h3-4,6-7H,5H2,1-2H3,(H2,11,12). The summed E-state index contributed by atoms with van der Waals surface area (Å²) in [7, 11) is 0. The molecule has 2 rings (SSSR count). The molecule has 0 bridgehead atoms. The summed E-state index contributed by atoms with van der Waals surface area (Å²) in [6.07, 6.45) is 0. The number of thioether (sulfide) groups is 1. The summed E-state index contributed by atoms with van der Waals surface area (Å²) >= 11 is 3.56. The Morgan fingerprint density at radius 2 is 2.36 bits per heavy atom. The molecule has 4 heteroatoms. The number of aliphatic imine (C=N–C) groups is 1. The Bertz CT molecular complexity index is 355. The predicted octanol–water partition coefficient (Wildman–Crippen LogP) is 2.58. The molecule has 1 atom stereocenters. The van der Waals surface area contributed by atoms with Gasteiger partial charge in [-0.15, -0.1) is 23.1 Å². The smallest absolute Gasteiger partial charge is 0.137 e. The average molecular weight is 226 g/mol. The van der Waals surface area contributed by atoms with Gasteiger partial charge >= 0.3 is 0 Å². The van der Waals surface area contributed by atoms with Crippen LogP contribution < -0.4 is 5.73 Å². The summed E-state index contributed by atoms with van der Waals surface area (Å²) in [4.78, 5) is 7.02. The monoisotopic (exact) mass is 226 g/mol. The minimum atomic E-state index is 0.361. The first-order valence-corrected chi connectivity index (χ1v) is 6.59. The number of rotatable bonds is 1. The van der Waals surface area contributed by atoms with E-state index in [1.54, 1.807) is 11.3 Å². The second-order valence-electron chi connectivity index (χ2n) is 3.75. The van der Waals surface area contributed by atoms with Crippen LogP contribution in [0.25, 0.3) is 0 Å². The first kappa shape index (κ1) is 10.1. The van der Waals surface area contributed by atoms with Crippen molar-refractivity contribution in [1.29, 1.82) is 0 Å². The topological polar surface area (TPSA) is 38.4 Å². The first-order valence-electron chi connectivity index (χ1n) is 4.72. The van der Waals surface area contributed by atoms with Crippen molar-refractivity contribution in [1.82, 2.24) is 0 Å². The molecule has 0 fully saturated rings. The molecule has 14 heavy (non-hydrogen) atoms. The zero-order chi connectivity index (χ0) is 10.1. The minimum absolute atomic E-state index is 0.361. The van der Waals surface area contributed by atoms with Crippen LogP contribution in [-0.2, 0) is 0 Å². The number of amidine groups is 1. The lowest BCUT2D eigenvalue weighted by molar-refractivity contribution is 0.538. The molecule has 1 aliphatic heterocycles. The summed E-state index contributed by atoms with van der Waals surface area (Å²) in [6.45, 7) is 4.39. The first-order chi connectivity index (χ1) is 6.68. The molecule has 0 aliphatic carbocycles. The van der Waals surface area contributed by atoms with Gasteiger partial charge in [-0.25, -0.2) is 0 Å². The SMILES string of the molecule is CC(C)C1CSc2ccsc2C(N)=N1. The lowest BCUT2D eigenvalue weighted by Crippen LogP contribution is -2.20. The molecule has 0 saturated carbocycles. The van der Waals surface area contributed by atoms with Crippen LogP contribution in [0.1, 0.15) is 18.7 Å². The zero-order valence-corrected chi connectivity index (χ0v) is 9.99. The van der Waals surface area contributed by atoms with Gasteiger partial charge in [-0.3, -0.25) is 4.99 Å². The van der Waals surface area contributed by atoms with E-state index in [0.717, 1.165) is 16.5 Å². The van der Waals surface area contributed by atoms with Gasteiger partial charge in [0.1, 0.15) is 5.84 Å². The third kappa shape index (κ3) is 1.81. The molecule has 76 valence electrons. The van der Waals surface area contributed by atoms with Gasteiger partial charge in [0, 0.05) is 10.6 Å². The third-order valence-corrected chi connectivity index (χ3v) is 4.57. The molecule has 1 aliphatic rings. The highest BCUT2D eigenvalue weighted by atomic mass is 32.2. The molecule has 0 saturated heterocycles. The molecule has 2 nitrogen and oxygen atoms in total. The van der Waals surface area contributed by atoms with Crippen LogP contribution >= 0.6 is 23.1 Å². The van der Waals surface area contributed by atoms with Gasteiger partial charge in [0.25, 0.3) is 0 Å². The predicted molar refractivity (Wildman–Crippen MR) is 64.4 cm³/mol. The van der Waals surface area contributed by atoms with Crippen molar-refractivity contribution in [3.63, 3.8) is 0 Å². The lowest BCUT2D eigenvalue weighted by atomic mass is 10.1. The van der Waals surface area contributed by atoms with Crippen molar-refractivity contribution in [2.45, 2.75) is 24.8 Å². The molecule has 0 amide bonds. The minimum Gasteiger partial charge on any atom is -0.383 e. The normalized spacial score (nSPS) is 21.6. The highest BCUT2D eigenvalue weighted by molar-refractivity contribution is 7.99. The second-order valence-corrected chi connectivity index (χ2v) is 5.73. The number of fused-ring (bicyclic) bond motifs is 1. The molecule has 1 unspecified atom stereocenters. The fraction of sp³-hybridized carbons (Fsp3) is 0.500. The maximum atomic E-state index is 5.97. The Kier molecular flexibility index (Phi) is 2.83. The van der Waals surface area contributed by atoms with Gasteiger partial charge in [0.2, 0.25) is 0 Å². The lowest BCUT2D eigenvalue weighted by Gasteiger charge is -2.13. The molecule has 0 aromatic carbocycles. The summed E-state index contributed by atoms with van der Waals surface area (Å²) in [5, 5.41) is 2.08. The van der Waals surface area contributed by atoms with Crippen molar-refractivity contribution in [2.75, 3.05) is 5.75 Å². The van der Waals surface area contributed by atoms with Crippen LogP contribution in [0.4, 0.5) is 0 Å². The molecule has 2 heterocycles. The van der Waals surface area contributed by atoms with Gasteiger partial charge in [-0.2, -0.15) is 0 Å². The van der Waals surface area contributed by atoms with Gasteiger partial charge in [-0.05, 0) is 17.4 Å². The van der Waals surface area contributed by atoms with Crippen molar-refractivity contribution < 1.29 is 0 Å². The molecule has 2 N–H and O–H groups in total. The van der Waals surface area contributed by atoms with Crippen LogP contribution in [0.5, 0.6) is 0 Å². The van der Waals surface area contributed by atoms with Gasteiger partial charge in [0.05, 0.1) is 10.9 Å². The van der Waals surface area contributed by atoms with E-state index in [1.807, 2.05) is 11.8 Å². The molecule has 1 aromatic heterocycles. The summed E-state index contributed by atoms with van der Waals surface area (Å²) in [5.41, 5.74) is 5.97. The van der Waals surface area contributed by atoms with Crippen molar-refractivity contribution in [3.05, 3.63) is 16.3 Å². The summed E-state index contributed by atoms with van der Waals surface area (Å²) in [5.74, 6) is 2.33. The van der Waals surface area contributed by atoms with E-state index in [4.69, 9.17) is 5.73 Å². The Balaban J connectivity index is 2.32. The van der Waals surface area contributed by atoms with Crippen LogP contribution in [0, 0.1) is 5.92 Å². The third-order valence-electron chi connectivity index (χ3n) is 2.35. The zero-order valence-electron chi connectivity index (χ0n) is 8.36. The number of hydrogen-bond donors (Lipinski definition) is 1. The van der Waals surface area contributed by atoms with Gasteiger partial charge < -0.3 is 5.73 Å². The Labute approximate surface area is 92.6 Å². The van der Waals surface area contributed by atoms with E-state index < -0.39 is 0 Å². The molecule has 0 spiro atoms. The van der Waals surface area contributed by atoms with E-state index in [9.17, 15) is 0 Å². The second kappa shape index (κ2) is 3.95. The van der Waals surface area contributed by atoms with Crippen molar-refractivity contribution in [3.8, 4) is 0 Å². The van der Waals surface area contributed by atoms with E-state index >= 15 is 0 Å². The highest BCUT2D eigenvalue weighted by Crippen LogP contribution is 2.32. The highest BCUT2D eigenvalue weighted by Gasteiger charge is 2.20. The van der Waals surface area contributed by atoms with Crippen LogP contribution in [-0.4, -0.2) is 17.6 Å². The number of nitrogens with two attached hydrogens (primary N) is 1. The molecular weight excluding hydrogens is 212 g/mol. The molecule has 1 aromatic rings. The quantitative estimate of drug-likeness (QED) is 0.799. The van der Waals surface area contributed by atoms with E-state index in [-0.39, 0.29) is 0 Å². The van der Waals surface area contributed by atoms with Crippen molar-refractivity contribution in [2.24, 2.45) is 16.6 Å². The largest absolute Gasteiger partial charge is 0.383 e. The Hall–Kier alpha value is -0.480. The molecule has 0 radical (unpaired) electrons. The summed E-state index contributed by atoms with van der Waals surface area (Å²) < 4.78 is 0. The van der Waals surface area contributed by atoms with Crippen LogP contribution in [0.15, 0.2) is 21.3 Å². The van der Waals surface area contributed by atoms with Gasteiger partial charge in [0.15, 0.2) is 0 Å². The van der Waals surface area contributed by atoms with E-state index in [0.29, 0.717) is 12.0 Å². The number of thiophene rings is 1. The number of hydrogen-bond acceptors (Lipinski definition) is 4. The Morgan fingerprint density at radius 3 is 3.07 bits per heavy atom. The number of nitrogens with zero attached hydrogens (tertiary/aromatic N) is 1. The van der Waals surface area contributed by atoms with E-state index in [1.165, 1.54) is 4.90 Å². The van der Waals surface area contributed by atoms with Gasteiger partial charge in [-0.1, -0.05) is 13.8 Å². The van der Waals surface area contributed by atoms with E-state index in [2.05, 4.69) is 30.3 Å². The molecular formula is C10H14N2S2. The van der Waals surface area contributed by atoms with Crippen LogP contribution in [0.3, 0.4) is 0 Å². The van der Waals surface area contributed by atoms with Crippen LogP contribution in [0.2, 0.25) is 0 Å². The summed E-state index contributed by atoms with van der Waals surface area (Å²) in [6, 6.07) is 2.50. The van der Waals surface area contributed by atoms with Crippen molar-refractivity contribution >= 4 is 28.9 Å². The average Bonchev–Trinajstić information content (AvgIpc) is 2.54. The Morgan fingerprint density at radius 1 is 1.57 bits per heavy atom. The maximum absolute atomic E-state index is 5.97.